The van der Waals surface area contributed by atoms with Crippen molar-refractivity contribution in [3.63, 3.8) is 0 Å². The maximum Gasteiger partial charge on any atom is 0.130 e. The largest absolute Gasteiger partial charge is 0.494 e. The van der Waals surface area contributed by atoms with Gasteiger partial charge in [0.15, 0.2) is 0 Å². The van der Waals surface area contributed by atoms with E-state index in [2.05, 4.69) is 26.2 Å². The molecule has 0 aliphatic rings. The quantitative estimate of drug-likeness (QED) is 0.925. The number of benzene rings is 1. The standard InChI is InChI=1S/C13H13BrN2O/c1-2-17-12-6-4-11(5-7-12)16-13-8-3-10(14)9-15-13/h3-9H,2H2,1H3,(H,15,16). The van der Waals surface area contributed by atoms with E-state index in [1.165, 1.54) is 0 Å². The average molecular weight is 293 g/mol. The lowest BCUT2D eigenvalue weighted by Crippen LogP contribution is -1.94. The summed E-state index contributed by atoms with van der Waals surface area (Å²) in [7, 11) is 0. The Labute approximate surface area is 109 Å². The Balaban J connectivity index is 2.05. The van der Waals surface area contributed by atoms with Crippen LogP contribution < -0.4 is 10.1 Å². The van der Waals surface area contributed by atoms with E-state index in [9.17, 15) is 0 Å². The molecule has 3 nitrogen and oxygen atoms in total. The first-order chi connectivity index (χ1) is 8.28. The summed E-state index contributed by atoms with van der Waals surface area (Å²) in [5.74, 6) is 1.69. The summed E-state index contributed by atoms with van der Waals surface area (Å²) < 4.78 is 6.34. The van der Waals surface area contributed by atoms with Crippen LogP contribution in [0.1, 0.15) is 6.92 Å². The van der Waals surface area contributed by atoms with Crippen LogP contribution >= 0.6 is 15.9 Å². The molecule has 0 unspecified atom stereocenters. The fourth-order valence-electron chi connectivity index (χ4n) is 1.40. The van der Waals surface area contributed by atoms with E-state index in [4.69, 9.17) is 4.74 Å². The lowest BCUT2D eigenvalue weighted by atomic mass is 10.3. The number of hydrogen-bond donors (Lipinski definition) is 1. The number of pyridine rings is 1. The molecule has 0 fully saturated rings. The second kappa shape index (κ2) is 5.68. The maximum atomic E-state index is 5.38. The zero-order chi connectivity index (χ0) is 12.1. The lowest BCUT2D eigenvalue weighted by molar-refractivity contribution is 0.340. The molecule has 4 heteroatoms. The summed E-state index contributed by atoms with van der Waals surface area (Å²) in [6, 6.07) is 11.7. The number of rotatable bonds is 4. The summed E-state index contributed by atoms with van der Waals surface area (Å²) in [6.07, 6.45) is 1.76. The van der Waals surface area contributed by atoms with Gasteiger partial charge < -0.3 is 10.1 Å². The predicted octanol–water partition coefficient (Wildman–Crippen LogP) is 3.99. The van der Waals surface area contributed by atoms with Gasteiger partial charge in [0.2, 0.25) is 0 Å². The first-order valence-electron chi connectivity index (χ1n) is 5.39. The molecule has 0 amide bonds. The van der Waals surface area contributed by atoms with Crippen molar-refractivity contribution in [3.8, 4) is 5.75 Å². The fraction of sp³-hybridized carbons (Fsp3) is 0.154. The summed E-state index contributed by atoms with van der Waals surface area (Å²) in [4.78, 5) is 4.24. The van der Waals surface area contributed by atoms with Crippen molar-refractivity contribution >= 4 is 27.4 Å². The molecule has 0 aliphatic heterocycles. The third-order valence-electron chi connectivity index (χ3n) is 2.17. The minimum absolute atomic E-state index is 0.682. The number of aromatic nitrogens is 1. The number of hydrogen-bond acceptors (Lipinski definition) is 3. The van der Waals surface area contributed by atoms with Crippen LogP contribution in [0.3, 0.4) is 0 Å². The third-order valence-corrected chi connectivity index (χ3v) is 2.63. The number of nitrogens with zero attached hydrogens (tertiary/aromatic N) is 1. The van der Waals surface area contributed by atoms with Gasteiger partial charge in [-0.15, -0.1) is 0 Å². The van der Waals surface area contributed by atoms with E-state index in [0.717, 1.165) is 21.7 Å². The molecular weight excluding hydrogens is 280 g/mol. The van der Waals surface area contributed by atoms with Gasteiger partial charge >= 0.3 is 0 Å². The molecule has 88 valence electrons. The SMILES string of the molecule is CCOc1ccc(Nc2ccc(Br)cn2)cc1. The van der Waals surface area contributed by atoms with Crippen LogP contribution in [0.2, 0.25) is 0 Å². The molecule has 0 radical (unpaired) electrons. The molecule has 2 rings (SSSR count). The number of halogens is 1. The van der Waals surface area contributed by atoms with Gasteiger partial charge in [0, 0.05) is 16.4 Å². The van der Waals surface area contributed by atoms with Crippen LogP contribution in [-0.2, 0) is 0 Å². The van der Waals surface area contributed by atoms with Crippen LogP contribution in [0.5, 0.6) is 5.75 Å². The third kappa shape index (κ3) is 3.46. The molecular formula is C13H13BrN2O. The zero-order valence-electron chi connectivity index (χ0n) is 9.48. The Morgan fingerprint density at radius 2 is 1.94 bits per heavy atom. The highest BCUT2D eigenvalue weighted by Crippen LogP contribution is 2.19. The lowest BCUT2D eigenvalue weighted by Gasteiger charge is -2.07. The van der Waals surface area contributed by atoms with Crippen LogP contribution in [0.4, 0.5) is 11.5 Å². The summed E-state index contributed by atoms with van der Waals surface area (Å²) in [5.41, 5.74) is 0.989. The van der Waals surface area contributed by atoms with E-state index >= 15 is 0 Å². The van der Waals surface area contributed by atoms with Crippen molar-refractivity contribution in [2.75, 3.05) is 11.9 Å². The maximum absolute atomic E-state index is 5.38. The van der Waals surface area contributed by atoms with Crippen molar-refractivity contribution in [1.29, 1.82) is 0 Å². The zero-order valence-corrected chi connectivity index (χ0v) is 11.1. The van der Waals surface area contributed by atoms with Crippen molar-refractivity contribution in [2.24, 2.45) is 0 Å². The highest BCUT2D eigenvalue weighted by atomic mass is 79.9. The first kappa shape index (κ1) is 11.9. The molecule has 1 aromatic heterocycles. The van der Waals surface area contributed by atoms with Gasteiger partial charge in [0.25, 0.3) is 0 Å². The molecule has 1 aromatic carbocycles. The molecule has 2 aromatic rings. The van der Waals surface area contributed by atoms with Gasteiger partial charge in [-0.25, -0.2) is 4.98 Å². The van der Waals surface area contributed by atoms with Crippen LogP contribution in [0, 0.1) is 0 Å². The summed E-state index contributed by atoms with van der Waals surface area (Å²) in [5, 5.41) is 3.21. The van der Waals surface area contributed by atoms with Gasteiger partial charge in [0.05, 0.1) is 6.61 Å². The summed E-state index contributed by atoms with van der Waals surface area (Å²) >= 11 is 3.35. The number of ether oxygens (including phenoxy) is 1. The molecule has 0 aliphatic carbocycles. The second-order valence-corrected chi connectivity index (χ2v) is 4.36. The molecule has 0 bridgehead atoms. The Morgan fingerprint density at radius 3 is 2.53 bits per heavy atom. The van der Waals surface area contributed by atoms with E-state index in [1.54, 1.807) is 6.20 Å². The van der Waals surface area contributed by atoms with Crippen molar-refractivity contribution in [1.82, 2.24) is 4.98 Å². The van der Waals surface area contributed by atoms with E-state index in [0.29, 0.717) is 6.61 Å². The molecule has 17 heavy (non-hydrogen) atoms. The van der Waals surface area contributed by atoms with Gasteiger partial charge in [-0.2, -0.15) is 0 Å². The normalized spacial score (nSPS) is 10.0. The van der Waals surface area contributed by atoms with E-state index in [-0.39, 0.29) is 0 Å². The Morgan fingerprint density at radius 1 is 1.18 bits per heavy atom. The van der Waals surface area contributed by atoms with Gasteiger partial charge in [-0.05, 0) is 59.3 Å². The highest BCUT2D eigenvalue weighted by Gasteiger charge is 1.97. The minimum Gasteiger partial charge on any atom is -0.494 e. The smallest absolute Gasteiger partial charge is 0.130 e. The Kier molecular flexibility index (Phi) is 3.98. The minimum atomic E-state index is 0.682. The van der Waals surface area contributed by atoms with E-state index < -0.39 is 0 Å². The number of anilines is 2. The topological polar surface area (TPSA) is 34.1 Å². The molecule has 1 N–H and O–H groups in total. The first-order valence-corrected chi connectivity index (χ1v) is 6.18. The van der Waals surface area contributed by atoms with Gasteiger partial charge in [-0.1, -0.05) is 0 Å². The summed E-state index contributed by atoms with van der Waals surface area (Å²) in [6.45, 7) is 2.65. The van der Waals surface area contributed by atoms with Crippen LogP contribution in [0.25, 0.3) is 0 Å². The van der Waals surface area contributed by atoms with Crippen LogP contribution in [0.15, 0.2) is 47.1 Å². The molecule has 1 heterocycles. The van der Waals surface area contributed by atoms with Crippen LogP contribution in [-0.4, -0.2) is 11.6 Å². The van der Waals surface area contributed by atoms with E-state index in [1.807, 2.05) is 43.3 Å². The molecule has 0 saturated carbocycles. The highest BCUT2D eigenvalue weighted by molar-refractivity contribution is 9.10. The van der Waals surface area contributed by atoms with Gasteiger partial charge in [0.1, 0.15) is 11.6 Å². The van der Waals surface area contributed by atoms with Gasteiger partial charge in [-0.3, -0.25) is 0 Å². The monoisotopic (exact) mass is 292 g/mol. The second-order valence-electron chi connectivity index (χ2n) is 3.44. The average Bonchev–Trinajstić information content (AvgIpc) is 2.35. The van der Waals surface area contributed by atoms with Crippen molar-refractivity contribution in [2.45, 2.75) is 6.92 Å². The molecule has 0 spiro atoms. The predicted molar refractivity (Wildman–Crippen MR) is 72.8 cm³/mol. The number of nitrogens with one attached hydrogen (secondary N) is 1. The molecule has 0 atom stereocenters. The Bertz CT molecular complexity index is 468. The Hall–Kier alpha value is -1.55. The fourth-order valence-corrected chi connectivity index (χ4v) is 1.63. The van der Waals surface area contributed by atoms with Crippen molar-refractivity contribution < 1.29 is 4.74 Å². The molecule has 0 saturated heterocycles. The van der Waals surface area contributed by atoms with Crippen molar-refractivity contribution in [3.05, 3.63) is 47.1 Å².